The Kier molecular flexibility index (Phi) is 2.45. The van der Waals surface area contributed by atoms with Gasteiger partial charge in [0.05, 0.1) is 16.5 Å². The second-order valence-electron chi connectivity index (χ2n) is 4.10. The number of benzene rings is 2. The lowest BCUT2D eigenvalue weighted by Crippen LogP contribution is -2.20. The Morgan fingerprint density at radius 2 is 1.79 bits per heavy atom. The van der Waals surface area contributed by atoms with Crippen molar-refractivity contribution >= 4 is 33.7 Å². The molecule has 19 heavy (non-hydrogen) atoms. The topological polar surface area (TPSA) is 85.3 Å². The number of carbonyl (C=O) groups is 1. The van der Waals surface area contributed by atoms with Crippen LogP contribution < -0.4 is 16.5 Å². The van der Waals surface area contributed by atoms with Crippen molar-refractivity contribution in [2.24, 2.45) is 5.73 Å². The second kappa shape index (κ2) is 4.13. The minimum Gasteiger partial charge on any atom is -0.456 e. The van der Waals surface area contributed by atoms with Gasteiger partial charge in [-0.3, -0.25) is 4.79 Å². The summed E-state index contributed by atoms with van der Waals surface area (Å²) in [5.74, 6) is 0. The van der Waals surface area contributed by atoms with Gasteiger partial charge in [-0.15, -0.1) is 0 Å². The van der Waals surface area contributed by atoms with Crippen LogP contribution in [0.2, 0.25) is 0 Å². The van der Waals surface area contributed by atoms with Crippen molar-refractivity contribution < 1.29 is 9.21 Å². The molecule has 5 nitrogen and oxygen atoms in total. The van der Waals surface area contributed by atoms with Gasteiger partial charge in [-0.2, -0.15) is 0 Å². The van der Waals surface area contributed by atoms with Crippen LogP contribution in [-0.2, 0) is 0 Å². The highest BCUT2D eigenvalue weighted by Crippen LogP contribution is 2.24. The molecule has 2 amide bonds. The zero-order valence-electron chi connectivity index (χ0n) is 9.84. The van der Waals surface area contributed by atoms with Gasteiger partial charge in [-0.05, 0) is 24.3 Å². The number of anilines is 1. The lowest BCUT2D eigenvalue weighted by Gasteiger charge is -2.06. The smallest absolute Gasteiger partial charge is 0.316 e. The highest BCUT2D eigenvalue weighted by molar-refractivity contribution is 6.02. The number of primary amides is 1. The van der Waals surface area contributed by atoms with E-state index in [2.05, 4.69) is 5.32 Å². The van der Waals surface area contributed by atoms with Crippen LogP contribution in [0.4, 0.5) is 10.5 Å². The van der Waals surface area contributed by atoms with Crippen LogP contribution in [0.1, 0.15) is 0 Å². The monoisotopic (exact) mass is 254 g/mol. The molecule has 0 spiro atoms. The van der Waals surface area contributed by atoms with E-state index in [1.54, 1.807) is 42.5 Å². The van der Waals surface area contributed by atoms with E-state index in [1.165, 1.54) is 0 Å². The fraction of sp³-hybridized carbons (Fsp3) is 0. The lowest BCUT2D eigenvalue weighted by atomic mass is 10.1. The van der Waals surface area contributed by atoms with Gasteiger partial charge in [0.25, 0.3) is 0 Å². The summed E-state index contributed by atoms with van der Waals surface area (Å²) in [6.45, 7) is 0. The van der Waals surface area contributed by atoms with E-state index in [9.17, 15) is 9.59 Å². The number of hydrogen-bond acceptors (Lipinski definition) is 3. The number of urea groups is 1. The molecule has 0 aliphatic rings. The summed E-state index contributed by atoms with van der Waals surface area (Å²) in [6.07, 6.45) is 0. The van der Waals surface area contributed by atoms with E-state index in [-0.39, 0.29) is 5.43 Å². The van der Waals surface area contributed by atoms with Crippen LogP contribution in [-0.4, -0.2) is 6.03 Å². The Balaban J connectivity index is 2.45. The van der Waals surface area contributed by atoms with Gasteiger partial charge in [-0.1, -0.05) is 18.2 Å². The number of nitrogens with two attached hydrogens (primary N) is 1. The standard InChI is InChI=1S/C14H10N2O3/c15-14(18)16-9-5-3-7-11-12(9)13(17)8-4-1-2-6-10(8)19-11/h1-7H,(H3,15,16,18). The summed E-state index contributed by atoms with van der Waals surface area (Å²) >= 11 is 0. The van der Waals surface area contributed by atoms with Crippen molar-refractivity contribution in [2.45, 2.75) is 0 Å². The number of nitrogens with one attached hydrogen (secondary N) is 1. The van der Waals surface area contributed by atoms with Gasteiger partial charge in [0.15, 0.2) is 0 Å². The highest BCUT2D eigenvalue weighted by Gasteiger charge is 2.11. The quantitative estimate of drug-likeness (QED) is 0.654. The zero-order chi connectivity index (χ0) is 13.4. The third-order valence-corrected chi connectivity index (χ3v) is 2.86. The van der Waals surface area contributed by atoms with Crippen molar-refractivity contribution in [3.05, 3.63) is 52.7 Å². The normalized spacial score (nSPS) is 10.7. The van der Waals surface area contributed by atoms with E-state index in [0.717, 1.165) is 0 Å². The number of rotatable bonds is 1. The van der Waals surface area contributed by atoms with Gasteiger partial charge >= 0.3 is 6.03 Å². The molecule has 2 aromatic carbocycles. The molecule has 0 aliphatic carbocycles. The molecule has 1 aromatic heterocycles. The van der Waals surface area contributed by atoms with E-state index < -0.39 is 6.03 Å². The van der Waals surface area contributed by atoms with E-state index in [0.29, 0.717) is 27.6 Å². The number of fused-ring (bicyclic) bond motifs is 2. The summed E-state index contributed by atoms with van der Waals surface area (Å²) in [6, 6.07) is 11.2. The van der Waals surface area contributed by atoms with Crippen molar-refractivity contribution in [2.75, 3.05) is 5.32 Å². The first-order chi connectivity index (χ1) is 9.16. The molecule has 1 heterocycles. The molecular weight excluding hydrogens is 244 g/mol. The maximum Gasteiger partial charge on any atom is 0.316 e. The summed E-state index contributed by atoms with van der Waals surface area (Å²) in [5, 5.41) is 3.22. The van der Waals surface area contributed by atoms with Crippen LogP contribution in [0.15, 0.2) is 51.7 Å². The van der Waals surface area contributed by atoms with Crippen LogP contribution in [0, 0.1) is 0 Å². The van der Waals surface area contributed by atoms with Crippen molar-refractivity contribution in [1.29, 1.82) is 0 Å². The molecule has 0 unspecified atom stereocenters. The Bertz CT molecular complexity index is 852. The Hall–Kier alpha value is -2.82. The Morgan fingerprint density at radius 1 is 1.05 bits per heavy atom. The van der Waals surface area contributed by atoms with Crippen LogP contribution in [0.3, 0.4) is 0 Å². The largest absolute Gasteiger partial charge is 0.456 e. The molecule has 5 heteroatoms. The molecule has 0 saturated carbocycles. The first-order valence-corrected chi connectivity index (χ1v) is 5.68. The molecule has 0 aliphatic heterocycles. The Morgan fingerprint density at radius 3 is 2.58 bits per heavy atom. The zero-order valence-corrected chi connectivity index (χ0v) is 9.84. The molecule has 3 aromatic rings. The molecular formula is C14H10N2O3. The Labute approximate surface area is 107 Å². The summed E-state index contributed by atoms with van der Waals surface area (Å²) < 4.78 is 5.66. The van der Waals surface area contributed by atoms with Gasteiger partial charge in [0.2, 0.25) is 5.43 Å². The summed E-state index contributed by atoms with van der Waals surface area (Å²) in [7, 11) is 0. The van der Waals surface area contributed by atoms with Gasteiger partial charge in [0, 0.05) is 0 Å². The van der Waals surface area contributed by atoms with Crippen LogP contribution >= 0.6 is 0 Å². The van der Waals surface area contributed by atoms with Gasteiger partial charge in [-0.25, -0.2) is 4.79 Å². The predicted molar refractivity (Wildman–Crippen MR) is 73.2 cm³/mol. The molecule has 0 atom stereocenters. The summed E-state index contributed by atoms with van der Waals surface area (Å²) in [5.41, 5.74) is 6.18. The highest BCUT2D eigenvalue weighted by atomic mass is 16.3. The minimum absolute atomic E-state index is 0.193. The van der Waals surface area contributed by atoms with Gasteiger partial charge in [0.1, 0.15) is 11.2 Å². The first kappa shape index (κ1) is 11.3. The average molecular weight is 254 g/mol. The fourth-order valence-electron chi connectivity index (χ4n) is 2.08. The predicted octanol–water partition coefficient (Wildman–Crippen LogP) is 2.44. The number of hydrogen-bond donors (Lipinski definition) is 2. The number of para-hydroxylation sites is 1. The summed E-state index contributed by atoms with van der Waals surface area (Å²) in [4.78, 5) is 23.4. The second-order valence-corrected chi connectivity index (χ2v) is 4.10. The third-order valence-electron chi connectivity index (χ3n) is 2.86. The van der Waals surface area contributed by atoms with E-state index in [1.807, 2.05) is 0 Å². The lowest BCUT2D eigenvalue weighted by molar-refractivity contribution is 0.259. The number of amides is 2. The van der Waals surface area contributed by atoms with Crippen molar-refractivity contribution in [3.63, 3.8) is 0 Å². The van der Waals surface area contributed by atoms with Crippen LogP contribution in [0.5, 0.6) is 0 Å². The maximum absolute atomic E-state index is 12.4. The molecule has 0 radical (unpaired) electrons. The number of carbonyl (C=O) groups excluding carboxylic acids is 1. The molecule has 0 saturated heterocycles. The van der Waals surface area contributed by atoms with Crippen molar-refractivity contribution in [1.82, 2.24) is 0 Å². The molecule has 0 bridgehead atoms. The molecule has 0 fully saturated rings. The average Bonchev–Trinajstić information content (AvgIpc) is 2.38. The molecule has 3 N–H and O–H groups in total. The fourth-order valence-corrected chi connectivity index (χ4v) is 2.08. The molecule has 3 rings (SSSR count). The van der Waals surface area contributed by atoms with Crippen LogP contribution in [0.25, 0.3) is 21.9 Å². The van der Waals surface area contributed by atoms with Gasteiger partial charge < -0.3 is 15.5 Å². The molecule has 94 valence electrons. The van der Waals surface area contributed by atoms with Crippen molar-refractivity contribution in [3.8, 4) is 0 Å². The minimum atomic E-state index is -0.722. The SMILES string of the molecule is NC(=O)Nc1cccc2oc3ccccc3c(=O)c12. The maximum atomic E-state index is 12.4. The third kappa shape index (κ3) is 1.81. The first-order valence-electron chi connectivity index (χ1n) is 5.68. The van der Waals surface area contributed by atoms with E-state index in [4.69, 9.17) is 10.2 Å². The van der Waals surface area contributed by atoms with E-state index >= 15 is 0 Å².